The van der Waals surface area contributed by atoms with Gasteiger partial charge in [0.25, 0.3) is 11.1 Å². The van der Waals surface area contributed by atoms with Crippen LogP contribution in [0.2, 0.25) is 5.02 Å². The molecule has 1 aromatic heterocycles. The minimum Gasteiger partial charge on any atom is -0.449 e. The fourth-order valence-corrected chi connectivity index (χ4v) is 5.54. The smallest absolute Gasteiger partial charge is 0.294 e. The average Bonchev–Trinajstić information content (AvgIpc) is 3.23. The standard InChI is InChI=1S/C21H18BrClN2O4S2/c22-16-10-14(29-20(16)30-15-6-4-13(23)5-7-15)11-17-19(27)25(21(28)31-17)12-18(26)24-8-2-1-3-9-24/h4-7,10-11H,1-3,8-9,12H2/b17-11-. The second-order valence-electron chi connectivity index (χ2n) is 7.05. The van der Waals surface area contributed by atoms with E-state index in [2.05, 4.69) is 15.9 Å². The normalized spacial score (nSPS) is 18.3. The number of halogens is 2. The maximum absolute atomic E-state index is 12.7. The highest BCUT2D eigenvalue weighted by Crippen LogP contribution is 2.38. The molecular formula is C21H18BrClN2O4S2. The zero-order chi connectivity index (χ0) is 22.0. The summed E-state index contributed by atoms with van der Waals surface area (Å²) in [7, 11) is 0. The maximum Gasteiger partial charge on any atom is 0.294 e. The van der Waals surface area contributed by atoms with E-state index < -0.39 is 11.1 Å². The predicted molar refractivity (Wildman–Crippen MR) is 125 cm³/mol. The van der Waals surface area contributed by atoms with Gasteiger partial charge in [-0.1, -0.05) is 23.4 Å². The molecule has 0 radical (unpaired) electrons. The lowest BCUT2D eigenvalue weighted by atomic mass is 10.1. The monoisotopic (exact) mass is 540 g/mol. The number of piperidine rings is 1. The van der Waals surface area contributed by atoms with E-state index in [4.69, 9.17) is 16.0 Å². The van der Waals surface area contributed by atoms with Crippen LogP contribution in [0.3, 0.4) is 0 Å². The third kappa shape index (κ3) is 5.39. The van der Waals surface area contributed by atoms with Crippen molar-refractivity contribution < 1.29 is 18.8 Å². The Hall–Kier alpha value is -1.68. The fourth-order valence-electron chi connectivity index (χ4n) is 3.26. The highest BCUT2D eigenvalue weighted by atomic mass is 79.9. The van der Waals surface area contributed by atoms with E-state index in [0.717, 1.165) is 45.3 Å². The molecule has 2 aliphatic rings. The minimum atomic E-state index is -0.472. The molecule has 10 heteroatoms. The molecule has 0 aliphatic carbocycles. The van der Waals surface area contributed by atoms with E-state index in [1.54, 1.807) is 23.1 Å². The summed E-state index contributed by atoms with van der Waals surface area (Å²) in [6.45, 7) is 1.14. The molecule has 0 saturated carbocycles. The molecule has 6 nitrogen and oxygen atoms in total. The van der Waals surface area contributed by atoms with E-state index in [-0.39, 0.29) is 17.4 Å². The Labute approximate surface area is 201 Å². The second-order valence-corrected chi connectivity index (χ2v) is 10.4. The van der Waals surface area contributed by atoms with E-state index in [1.807, 2.05) is 12.1 Å². The van der Waals surface area contributed by atoms with Crippen molar-refractivity contribution in [3.8, 4) is 0 Å². The molecule has 2 aliphatic heterocycles. The summed E-state index contributed by atoms with van der Waals surface area (Å²) in [6.07, 6.45) is 4.55. The number of carbonyl (C=O) groups is 3. The summed E-state index contributed by atoms with van der Waals surface area (Å²) >= 11 is 11.6. The van der Waals surface area contributed by atoms with Gasteiger partial charge in [0.05, 0.1) is 9.38 Å². The molecule has 31 heavy (non-hydrogen) atoms. The van der Waals surface area contributed by atoms with Crippen LogP contribution in [0.4, 0.5) is 4.79 Å². The first-order valence-electron chi connectivity index (χ1n) is 9.66. The largest absolute Gasteiger partial charge is 0.449 e. The highest BCUT2D eigenvalue weighted by molar-refractivity contribution is 9.10. The molecule has 0 atom stereocenters. The third-order valence-corrected chi connectivity index (χ3v) is 7.86. The van der Waals surface area contributed by atoms with Crippen LogP contribution < -0.4 is 0 Å². The van der Waals surface area contributed by atoms with Crippen molar-refractivity contribution in [2.24, 2.45) is 0 Å². The molecule has 0 spiro atoms. The number of thioether (sulfide) groups is 1. The Balaban J connectivity index is 1.45. The lowest BCUT2D eigenvalue weighted by Gasteiger charge is -2.27. The molecule has 3 heterocycles. The first kappa shape index (κ1) is 22.5. The van der Waals surface area contributed by atoms with E-state index in [9.17, 15) is 14.4 Å². The van der Waals surface area contributed by atoms with Crippen LogP contribution in [0.15, 0.2) is 54.1 Å². The first-order valence-corrected chi connectivity index (χ1v) is 12.5. The van der Waals surface area contributed by atoms with Crippen molar-refractivity contribution in [2.75, 3.05) is 19.6 Å². The lowest BCUT2D eigenvalue weighted by Crippen LogP contribution is -2.44. The van der Waals surface area contributed by atoms with Crippen molar-refractivity contribution in [3.63, 3.8) is 0 Å². The number of imide groups is 1. The van der Waals surface area contributed by atoms with E-state index >= 15 is 0 Å². The fraction of sp³-hybridized carbons (Fsp3) is 0.286. The summed E-state index contributed by atoms with van der Waals surface area (Å²) in [5.74, 6) is -0.221. The topological polar surface area (TPSA) is 70.8 Å². The van der Waals surface area contributed by atoms with Gasteiger partial charge in [0.15, 0.2) is 5.09 Å². The van der Waals surface area contributed by atoms with Gasteiger partial charge in [-0.3, -0.25) is 19.3 Å². The van der Waals surface area contributed by atoms with Gasteiger partial charge in [-0.15, -0.1) is 0 Å². The first-order chi connectivity index (χ1) is 14.9. The molecule has 162 valence electrons. The molecule has 0 N–H and O–H groups in total. The zero-order valence-corrected chi connectivity index (χ0v) is 20.3. The maximum atomic E-state index is 12.7. The Morgan fingerprint density at radius 2 is 1.90 bits per heavy atom. The number of carbonyl (C=O) groups excluding carboxylic acids is 3. The summed E-state index contributed by atoms with van der Waals surface area (Å²) in [6, 6.07) is 9.09. The summed E-state index contributed by atoms with van der Waals surface area (Å²) in [5, 5.41) is 0.828. The Morgan fingerprint density at radius 1 is 1.19 bits per heavy atom. The van der Waals surface area contributed by atoms with Gasteiger partial charge in [0.1, 0.15) is 12.3 Å². The van der Waals surface area contributed by atoms with Gasteiger partial charge in [0.2, 0.25) is 5.91 Å². The summed E-state index contributed by atoms with van der Waals surface area (Å²) in [5.41, 5.74) is 0. The van der Waals surface area contributed by atoms with Crippen molar-refractivity contribution in [1.29, 1.82) is 0 Å². The number of hydrogen-bond donors (Lipinski definition) is 0. The van der Waals surface area contributed by atoms with Crippen molar-refractivity contribution in [2.45, 2.75) is 29.3 Å². The van der Waals surface area contributed by atoms with Crippen molar-refractivity contribution in [1.82, 2.24) is 9.80 Å². The van der Waals surface area contributed by atoms with Crippen LogP contribution in [-0.4, -0.2) is 46.5 Å². The third-order valence-electron chi connectivity index (χ3n) is 4.85. The van der Waals surface area contributed by atoms with Gasteiger partial charge in [-0.25, -0.2) is 0 Å². The van der Waals surface area contributed by atoms with Crippen LogP contribution in [0, 0.1) is 0 Å². The molecule has 4 rings (SSSR count). The predicted octanol–water partition coefficient (Wildman–Crippen LogP) is 5.90. The molecule has 2 fully saturated rings. The van der Waals surface area contributed by atoms with Gasteiger partial charge in [0, 0.05) is 29.1 Å². The van der Waals surface area contributed by atoms with Crippen molar-refractivity contribution in [3.05, 3.63) is 50.5 Å². The van der Waals surface area contributed by atoms with E-state index in [0.29, 0.717) is 29.0 Å². The number of nitrogens with zero attached hydrogens (tertiary/aromatic N) is 2. The number of rotatable bonds is 5. The number of amides is 3. The lowest BCUT2D eigenvalue weighted by molar-refractivity contribution is -0.136. The number of likely N-dealkylation sites (tertiary alicyclic amines) is 1. The van der Waals surface area contributed by atoms with E-state index in [1.165, 1.54) is 17.8 Å². The van der Waals surface area contributed by atoms with Crippen LogP contribution in [0.1, 0.15) is 25.0 Å². The molecule has 0 bridgehead atoms. The van der Waals surface area contributed by atoms with Gasteiger partial charge in [-0.05, 0) is 77.3 Å². The van der Waals surface area contributed by atoms with Crippen molar-refractivity contribution >= 4 is 74.2 Å². The van der Waals surface area contributed by atoms with Crippen LogP contribution in [-0.2, 0) is 9.59 Å². The Morgan fingerprint density at radius 3 is 2.61 bits per heavy atom. The van der Waals surface area contributed by atoms with Crippen LogP contribution in [0.25, 0.3) is 6.08 Å². The number of hydrogen-bond acceptors (Lipinski definition) is 6. The molecule has 1 aromatic carbocycles. The Kier molecular flexibility index (Phi) is 7.15. The molecule has 2 saturated heterocycles. The molecule has 2 aromatic rings. The van der Waals surface area contributed by atoms with Gasteiger partial charge < -0.3 is 9.32 Å². The summed E-state index contributed by atoms with van der Waals surface area (Å²) in [4.78, 5) is 41.5. The second kappa shape index (κ2) is 9.85. The molecular weight excluding hydrogens is 524 g/mol. The average molecular weight is 542 g/mol. The molecule has 3 amide bonds. The van der Waals surface area contributed by atoms with Crippen LogP contribution >= 0.6 is 51.1 Å². The quantitative estimate of drug-likeness (QED) is 0.439. The number of benzene rings is 1. The summed E-state index contributed by atoms with van der Waals surface area (Å²) < 4.78 is 6.58. The Bertz CT molecular complexity index is 1050. The SMILES string of the molecule is O=C(CN1C(=O)S/C(=C\c2cc(Br)c(Sc3ccc(Cl)cc3)o2)C1=O)N1CCCCC1. The minimum absolute atomic E-state index is 0.189. The molecule has 0 unspecified atom stereocenters. The highest BCUT2D eigenvalue weighted by Gasteiger charge is 2.37. The zero-order valence-electron chi connectivity index (χ0n) is 16.3. The van der Waals surface area contributed by atoms with Gasteiger partial charge in [-0.2, -0.15) is 0 Å². The van der Waals surface area contributed by atoms with Crippen LogP contribution in [0.5, 0.6) is 0 Å². The number of furan rings is 1. The van der Waals surface area contributed by atoms with Gasteiger partial charge >= 0.3 is 0 Å².